The normalized spacial score (nSPS) is 14.8. The van der Waals surface area contributed by atoms with Crippen LogP contribution in [0.25, 0.3) is 0 Å². The zero-order valence-corrected chi connectivity index (χ0v) is 25.0. The third-order valence-electron chi connectivity index (χ3n) is 8.98. The Kier molecular flexibility index (Phi) is 7.16. The minimum Gasteiger partial charge on any atom is -0.508 e. The van der Waals surface area contributed by atoms with Crippen molar-refractivity contribution in [3.05, 3.63) is 59.7 Å². The molecular formula is C33H52O2. The highest BCUT2D eigenvalue weighted by Gasteiger charge is 2.71. The van der Waals surface area contributed by atoms with E-state index < -0.39 is 0 Å². The Morgan fingerprint density at radius 3 is 0.743 bits per heavy atom. The first-order valence-electron chi connectivity index (χ1n) is 13.1. The van der Waals surface area contributed by atoms with Crippen molar-refractivity contribution < 1.29 is 10.2 Å². The topological polar surface area (TPSA) is 40.5 Å². The maximum absolute atomic E-state index is 10.2. The number of phenolic OH excluding ortho intramolecular Hbond substituents is 2. The Morgan fingerprint density at radius 1 is 0.371 bits per heavy atom. The van der Waals surface area contributed by atoms with E-state index in [9.17, 15) is 10.2 Å². The average molecular weight is 481 g/mol. The van der Waals surface area contributed by atoms with Gasteiger partial charge in [0.25, 0.3) is 0 Å². The molecule has 0 fully saturated rings. The standard InChI is InChI=1S/C33H52O2/c1-27(2,3)32(28(4,5)6,23-15-19-25(34)20-16-23)31(13,14)33(29(7,8)9,30(10,11)12)24-17-21-26(35)22-18-24/h15-22,34-35H,1-14H3. The van der Waals surface area contributed by atoms with Crippen LogP contribution < -0.4 is 0 Å². The Hall–Kier alpha value is -1.96. The smallest absolute Gasteiger partial charge is 0.115 e. The van der Waals surface area contributed by atoms with Gasteiger partial charge in [-0.1, -0.05) is 121 Å². The molecule has 0 aromatic heterocycles. The van der Waals surface area contributed by atoms with E-state index in [1.807, 2.05) is 24.3 Å². The number of hydrogen-bond acceptors (Lipinski definition) is 2. The summed E-state index contributed by atoms with van der Waals surface area (Å²) in [5.41, 5.74) is 1.01. The quantitative estimate of drug-likeness (QED) is 0.457. The van der Waals surface area contributed by atoms with Gasteiger partial charge in [0.1, 0.15) is 11.5 Å². The molecule has 0 amide bonds. The van der Waals surface area contributed by atoms with Gasteiger partial charge in [-0.3, -0.25) is 0 Å². The molecule has 0 bridgehead atoms. The van der Waals surface area contributed by atoms with E-state index >= 15 is 0 Å². The molecule has 2 rings (SSSR count). The Bertz CT molecular complexity index is 884. The highest BCUT2D eigenvalue weighted by atomic mass is 16.3. The van der Waals surface area contributed by atoms with Gasteiger partial charge in [-0.2, -0.15) is 0 Å². The fourth-order valence-corrected chi connectivity index (χ4v) is 10.2. The minimum absolute atomic E-state index is 0.135. The van der Waals surface area contributed by atoms with E-state index in [-0.39, 0.29) is 37.9 Å². The fraction of sp³-hybridized carbons (Fsp3) is 0.636. The van der Waals surface area contributed by atoms with Gasteiger partial charge in [-0.25, -0.2) is 0 Å². The molecule has 0 aliphatic rings. The van der Waals surface area contributed by atoms with E-state index in [4.69, 9.17) is 0 Å². The van der Waals surface area contributed by atoms with Crippen molar-refractivity contribution in [1.82, 2.24) is 0 Å². The summed E-state index contributed by atoms with van der Waals surface area (Å²) in [6.45, 7) is 33.4. The van der Waals surface area contributed by atoms with Crippen LogP contribution in [0, 0.1) is 27.1 Å². The molecule has 2 nitrogen and oxygen atoms in total. The number of phenols is 2. The summed E-state index contributed by atoms with van der Waals surface area (Å²) < 4.78 is 0. The minimum atomic E-state index is -0.320. The van der Waals surface area contributed by atoms with Crippen LogP contribution in [0.3, 0.4) is 0 Å². The van der Waals surface area contributed by atoms with Gasteiger partial charge in [0.2, 0.25) is 0 Å². The average Bonchev–Trinajstić information content (AvgIpc) is 2.60. The predicted molar refractivity (Wildman–Crippen MR) is 151 cm³/mol. The van der Waals surface area contributed by atoms with Crippen LogP contribution in [-0.2, 0) is 10.8 Å². The number of rotatable bonds is 4. The molecule has 2 N–H and O–H groups in total. The van der Waals surface area contributed by atoms with Gasteiger partial charge in [0, 0.05) is 10.8 Å². The molecule has 2 heteroatoms. The molecule has 0 unspecified atom stereocenters. The molecule has 0 saturated heterocycles. The van der Waals surface area contributed by atoms with Crippen molar-refractivity contribution in [2.75, 3.05) is 0 Å². The van der Waals surface area contributed by atoms with Crippen molar-refractivity contribution in [2.24, 2.45) is 27.1 Å². The lowest BCUT2D eigenvalue weighted by atomic mass is 9.30. The third kappa shape index (κ3) is 4.09. The second-order valence-electron chi connectivity index (χ2n) is 15.2. The molecule has 0 radical (unpaired) electrons. The molecular weight excluding hydrogens is 428 g/mol. The first-order chi connectivity index (χ1) is 15.5. The lowest BCUT2D eigenvalue weighted by molar-refractivity contribution is -0.164. The molecule has 0 spiro atoms. The van der Waals surface area contributed by atoms with Crippen molar-refractivity contribution in [3.63, 3.8) is 0 Å². The van der Waals surface area contributed by atoms with Gasteiger partial charge in [-0.15, -0.1) is 0 Å². The molecule has 0 aliphatic carbocycles. The van der Waals surface area contributed by atoms with Crippen LogP contribution in [0.1, 0.15) is 108 Å². The van der Waals surface area contributed by atoms with E-state index in [1.54, 1.807) is 0 Å². The molecule has 2 aromatic carbocycles. The zero-order chi connectivity index (χ0) is 27.5. The Morgan fingerprint density at radius 2 is 0.571 bits per heavy atom. The molecule has 0 heterocycles. The van der Waals surface area contributed by atoms with Crippen LogP contribution in [0.4, 0.5) is 0 Å². The summed E-state index contributed by atoms with van der Waals surface area (Å²) in [6, 6.07) is 15.9. The molecule has 2 aromatic rings. The van der Waals surface area contributed by atoms with Crippen molar-refractivity contribution in [2.45, 2.75) is 108 Å². The van der Waals surface area contributed by atoms with Crippen molar-refractivity contribution in [1.29, 1.82) is 0 Å². The highest BCUT2D eigenvalue weighted by molar-refractivity contribution is 5.45. The second-order valence-corrected chi connectivity index (χ2v) is 15.2. The maximum atomic E-state index is 10.2. The van der Waals surface area contributed by atoms with Crippen LogP contribution in [0.2, 0.25) is 0 Å². The summed E-state index contributed by atoms with van der Waals surface area (Å²) in [7, 11) is 0. The number of aromatic hydroxyl groups is 2. The van der Waals surface area contributed by atoms with Crippen LogP contribution in [0.5, 0.6) is 11.5 Å². The van der Waals surface area contributed by atoms with Gasteiger partial charge in [0.05, 0.1) is 0 Å². The monoisotopic (exact) mass is 480 g/mol. The molecule has 0 saturated carbocycles. The summed E-state index contributed by atoms with van der Waals surface area (Å²) in [5, 5.41) is 20.5. The lowest BCUT2D eigenvalue weighted by Gasteiger charge is -2.73. The maximum Gasteiger partial charge on any atom is 0.115 e. The first-order valence-corrected chi connectivity index (χ1v) is 13.1. The van der Waals surface area contributed by atoms with Crippen LogP contribution in [-0.4, -0.2) is 10.2 Å². The molecule has 0 aliphatic heterocycles. The Labute approximate surface area is 216 Å². The van der Waals surface area contributed by atoms with E-state index in [1.165, 1.54) is 11.1 Å². The largest absolute Gasteiger partial charge is 0.508 e. The number of benzene rings is 2. The predicted octanol–water partition coefficient (Wildman–Crippen LogP) is 9.48. The third-order valence-corrected chi connectivity index (χ3v) is 8.98. The van der Waals surface area contributed by atoms with Gasteiger partial charge >= 0.3 is 0 Å². The summed E-state index contributed by atoms with van der Waals surface area (Å²) >= 11 is 0. The highest BCUT2D eigenvalue weighted by Crippen LogP contribution is 2.74. The van der Waals surface area contributed by atoms with Gasteiger partial charge in [-0.05, 0) is 62.5 Å². The summed E-state index contributed by atoms with van der Waals surface area (Å²) in [6.07, 6.45) is 0. The Balaban J connectivity index is 3.30. The van der Waals surface area contributed by atoms with Crippen LogP contribution >= 0.6 is 0 Å². The lowest BCUT2D eigenvalue weighted by Crippen LogP contribution is -2.71. The molecule has 196 valence electrons. The van der Waals surface area contributed by atoms with E-state index in [0.717, 1.165) is 0 Å². The summed E-state index contributed by atoms with van der Waals surface area (Å²) in [5.74, 6) is 0.583. The molecule has 0 atom stereocenters. The van der Waals surface area contributed by atoms with Crippen LogP contribution in [0.15, 0.2) is 48.5 Å². The first kappa shape index (κ1) is 29.3. The van der Waals surface area contributed by atoms with Gasteiger partial charge in [0.15, 0.2) is 0 Å². The van der Waals surface area contributed by atoms with Gasteiger partial charge < -0.3 is 10.2 Å². The van der Waals surface area contributed by atoms with E-state index in [0.29, 0.717) is 11.5 Å². The fourth-order valence-electron chi connectivity index (χ4n) is 10.2. The zero-order valence-electron chi connectivity index (χ0n) is 25.0. The van der Waals surface area contributed by atoms with Crippen molar-refractivity contribution in [3.8, 4) is 11.5 Å². The van der Waals surface area contributed by atoms with Crippen molar-refractivity contribution >= 4 is 0 Å². The number of hydrogen-bond donors (Lipinski definition) is 2. The SMILES string of the molecule is CC(C)(C)C(c1ccc(O)cc1)(C(C)(C)C)C(C)(C)C(c1ccc(O)cc1)(C(C)(C)C)C(C)(C)C. The van der Waals surface area contributed by atoms with E-state index in [2.05, 4.69) is 121 Å². The second kappa shape index (κ2) is 8.56. The summed E-state index contributed by atoms with van der Waals surface area (Å²) in [4.78, 5) is 0. The molecule has 35 heavy (non-hydrogen) atoms.